The van der Waals surface area contributed by atoms with Gasteiger partial charge in [0.15, 0.2) is 0 Å². The van der Waals surface area contributed by atoms with Crippen molar-refractivity contribution in [2.75, 3.05) is 24.7 Å². The molecule has 0 heterocycles. The Morgan fingerprint density at radius 1 is 1.12 bits per heavy atom. The molecule has 0 saturated heterocycles. The maximum absolute atomic E-state index is 12.7. The first kappa shape index (κ1) is 20.0. The molecule has 3 N–H and O–H groups in total. The summed E-state index contributed by atoms with van der Waals surface area (Å²) in [5, 5.41) is 2.76. The van der Waals surface area contributed by atoms with E-state index in [1.165, 1.54) is 16.7 Å². The van der Waals surface area contributed by atoms with Gasteiger partial charge in [0.2, 0.25) is 11.8 Å². The summed E-state index contributed by atoms with van der Waals surface area (Å²) in [7, 11) is 1.55. The lowest BCUT2D eigenvalue weighted by Gasteiger charge is -2.18. The van der Waals surface area contributed by atoms with Crippen molar-refractivity contribution in [2.24, 2.45) is 5.73 Å². The summed E-state index contributed by atoms with van der Waals surface area (Å²) in [6.07, 6.45) is 0. The first-order valence-electron chi connectivity index (χ1n) is 7.68. The van der Waals surface area contributed by atoms with E-state index in [0.29, 0.717) is 16.1 Å². The summed E-state index contributed by atoms with van der Waals surface area (Å²) in [6, 6.07) is 14.1. The minimum atomic E-state index is -0.460. The van der Waals surface area contributed by atoms with Crippen LogP contribution in [-0.2, 0) is 9.59 Å². The number of rotatable bonds is 7. The Balaban J connectivity index is 2.04. The second-order valence-electron chi connectivity index (χ2n) is 5.44. The third-order valence-electron chi connectivity index (χ3n) is 3.36. The second-order valence-corrected chi connectivity index (χ2v) is 7.31. The van der Waals surface area contributed by atoms with E-state index in [9.17, 15) is 14.4 Å². The molecule has 0 atom stereocenters. The molecule has 0 radical (unpaired) electrons. The van der Waals surface area contributed by atoms with Crippen molar-refractivity contribution in [3.63, 3.8) is 0 Å². The SMILES string of the molecule is CN(CC(=O)Nc1ccccc1Br)C(=O)c1ccccc1SCC(N)=O. The highest BCUT2D eigenvalue weighted by Crippen LogP contribution is 2.24. The van der Waals surface area contributed by atoms with Gasteiger partial charge in [-0.3, -0.25) is 14.4 Å². The zero-order chi connectivity index (χ0) is 19.1. The highest BCUT2D eigenvalue weighted by atomic mass is 79.9. The molecule has 0 fully saturated rings. The topological polar surface area (TPSA) is 92.5 Å². The van der Waals surface area contributed by atoms with Crippen LogP contribution < -0.4 is 11.1 Å². The molecule has 0 saturated carbocycles. The molecule has 26 heavy (non-hydrogen) atoms. The van der Waals surface area contributed by atoms with Gasteiger partial charge < -0.3 is 16.0 Å². The van der Waals surface area contributed by atoms with Gasteiger partial charge in [-0.1, -0.05) is 24.3 Å². The Morgan fingerprint density at radius 2 is 1.77 bits per heavy atom. The molecule has 0 spiro atoms. The number of nitrogens with zero attached hydrogens (tertiary/aromatic N) is 1. The molecule has 6 nitrogen and oxygen atoms in total. The molecule has 136 valence electrons. The van der Waals surface area contributed by atoms with Gasteiger partial charge in [0.05, 0.1) is 23.5 Å². The Labute approximate surface area is 164 Å². The van der Waals surface area contributed by atoms with Crippen molar-refractivity contribution < 1.29 is 14.4 Å². The first-order valence-corrected chi connectivity index (χ1v) is 9.46. The van der Waals surface area contributed by atoms with Gasteiger partial charge in [-0.15, -0.1) is 11.8 Å². The van der Waals surface area contributed by atoms with Crippen molar-refractivity contribution in [1.82, 2.24) is 4.90 Å². The number of nitrogens with one attached hydrogen (secondary N) is 1. The fraction of sp³-hybridized carbons (Fsp3) is 0.167. The summed E-state index contributed by atoms with van der Waals surface area (Å²) in [6.45, 7) is -0.102. The van der Waals surface area contributed by atoms with Crippen LogP contribution in [0.1, 0.15) is 10.4 Å². The molecule has 2 aromatic carbocycles. The number of carbonyl (C=O) groups is 3. The van der Waals surface area contributed by atoms with Crippen molar-refractivity contribution in [3.8, 4) is 0 Å². The normalized spacial score (nSPS) is 10.2. The Morgan fingerprint density at radius 3 is 2.46 bits per heavy atom. The maximum atomic E-state index is 12.7. The van der Waals surface area contributed by atoms with Gasteiger partial charge in [0, 0.05) is 16.4 Å². The molecule has 0 bridgehead atoms. The van der Waals surface area contributed by atoms with E-state index < -0.39 is 5.91 Å². The van der Waals surface area contributed by atoms with Crippen LogP contribution in [0.15, 0.2) is 57.9 Å². The van der Waals surface area contributed by atoms with Gasteiger partial charge in [-0.05, 0) is 40.2 Å². The molecule has 0 aliphatic heterocycles. The van der Waals surface area contributed by atoms with Crippen LogP contribution in [0, 0.1) is 0 Å². The van der Waals surface area contributed by atoms with E-state index in [1.54, 1.807) is 43.4 Å². The molecule has 0 unspecified atom stereocenters. The predicted octanol–water partition coefficient (Wildman–Crippen LogP) is 2.74. The summed E-state index contributed by atoms with van der Waals surface area (Å²) < 4.78 is 0.760. The third kappa shape index (κ3) is 5.60. The van der Waals surface area contributed by atoms with Gasteiger partial charge >= 0.3 is 0 Å². The lowest BCUT2D eigenvalue weighted by atomic mass is 10.2. The minimum Gasteiger partial charge on any atom is -0.369 e. The lowest BCUT2D eigenvalue weighted by molar-refractivity contribution is -0.117. The van der Waals surface area contributed by atoms with E-state index >= 15 is 0 Å². The number of hydrogen-bond donors (Lipinski definition) is 2. The molecule has 2 rings (SSSR count). The fourth-order valence-corrected chi connectivity index (χ4v) is 3.33. The Bertz CT molecular complexity index is 829. The van der Waals surface area contributed by atoms with E-state index in [0.717, 1.165) is 4.47 Å². The molecule has 2 aromatic rings. The van der Waals surface area contributed by atoms with Crippen molar-refractivity contribution >= 4 is 51.1 Å². The molecule has 0 aliphatic rings. The standard InChI is InChI=1S/C18H18BrN3O3S/c1-22(10-17(24)21-14-8-4-3-7-13(14)19)18(25)12-6-2-5-9-15(12)26-11-16(20)23/h2-9H,10-11H2,1H3,(H2,20,23)(H,21,24). The number of likely N-dealkylation sites (N-methyl/N-ethyl adjacent to an activating group) is 1. The molecule has 0 aliphatic carbocycles. The second kappa shape index (κ2) is 9.40. The Hall–Kier alpha value is -2.32. The third-order valence-corrected chi connectivity index (χ3v) is 5.15. The summed E-state index contributed by atoms with van der Waals surface area (Å²) >= 11 is 4.55. The van der Waals surface area contributed by atoms with Gasteiger partial charge in [-0.2, -0.15) is 0 Å². The number of halogens is 1. The molecule has 0 aromatic heterocycles. The van der Waals surface area contributed by atoms with E-state index in [2.05, 4.69) is 21.2 Å². The van der Waals surface area contributed by atoms with Crippen molar-refractivity contribution in [3.05, 3.63) is 58.6 Å². The fourth-order valence-electron chi connectivity index (χ4n) is 2.16. The lowest BCUT2D eigenvalue weighted by Crippen LogP contribution is -2.35. The zero-order valence-corrected chi connectivity index (χ0v) is 16.5. The highest BCUT2D eigenvalue weighted by molar-refractivity contribution is 9.10. The quantitative estimate of drug-likeness (QED) is 0.653. The Kier molecular flexibility index (Phi) is 7.23. The zero-order valence-electron chi connectivity index (χ0n) is 14.1. The van der Waals surface area contributed by atoms with Gasteiger partial charge in [0.25, 0.3) is 5.91 Å². The van der Waals surface area contributed by atoms with Crippen LogP contribution in [0.3, 0.4) is 0 Å². The number of benzene rings is 2. The predicted molar refractivity (Wildman–Crippen MR) is 106 cm³/mol. The number of thioether (sulfide) groups is 1. The smallest absolute Gasteiger partial charge is 0.255 e. The van der Waals surface area contributed by atoms with E-state index in [4.69, 9.17) is 5.73 Å². The van der Waals surface area contributed by atoms with Crippen LogP contribution in [0.5, 0.6) is 0 Å². The number of nitrogens with two attached hydrogens (primary N) is 1. The summed E-state index contributed by atoms with van der Waals surface area (Å²) in [5.41, 5.74) is 6.23. The van der Waals surface area contributed by atoms with Crippen molar-refractivity contribution in [1.29, 1.82) is 0 Å². The van der Waals surface area contributed by atoms with E-state index in [1.807, 2.05) is 12.1 Å². The molecule has 3 amide bonds. The number of amides is 3. The first-order chi connectivity index (χ1) is 12.4. The van der Waals surface area contributed by atoms with Crippen LogP contribution in [0.2, 0.25) is 0 Å². The summed E-state index contributed by atoms with van der Waals surface area (Å²) in [4.78, 5) is 37.9. The highest BCUT2D eigenvalue weighted by Gasteiger charge is 2.18. The molecular formula is C18H18BrN3O3S. The van der Waals surface area contributed by atoms with Crippen LogP contribution in [0.25, 0.3) is 0 Å². The van der Waals surface area contributed by atoms with E-state index in [-0.39, 0.29) is 24.1 Å². The average molecular weight is 436 g/mol. The minimum absolute atomic E-state index is 0.0799. The summed E-state index contributed by atoms with van der Waals surface area (Å²) in [5.74, 6) is -0.996. The maximum Gasteiger partial charge on any atom is 0.255 e. The molecular weight excluding hydrogens is 418 g/mol. The van der Waals surface area contributed by atoms with Crippen LogP contribution in [-0.4, -0.2) is 42.0 Å². The number of primary amides is 1. The van der Waals surface area contributed by atoms with Crippen LogP contribution in [0.4, 0.5) is 5.69 Å². The molecule has 8 heteroatoms. The number of hydrogen-bond acceptors (Lipinski definition) is 4. The van der Waals surface area contributed by atoms with Gasteiger partial charge in [0.1, 0.15) is 0 Å². The number of anilines is 1. The average Bonchev–Trinajstić information content (AvgIpc) is 2.61. The van der Waals surface area contributed by atoms with Gasteiger partial charge in [-0.25, -0.2) is 0 Å². The monoisotopic (exact) mass is 435 g/mol. The number of carbonyl (C=O) groups excluding carboxylic acids is 3. The van der Waals surface area contributed by atoms with Crippen molar-refractivity contribution in [2.45, 2.75) is 4.90 Å². The van der Waals surface area contributed by atoms with Crippen LogP contribution >= 0.6 is 27.7 Å². The largest absolute Gasteiger partial charge is 0.369 e. The number of para-hydroxylation sites is 1.